The molecule has 0 aromatic heterocycles. The standard InChI is InChI=1S/C9H8F3IN2O4S/c10-9(11,12)4-14-20(18,19)15-7-2-1-5(13)3-6(7)8(16)17/h1-3,14-15H,4H2,(H,16,17). The van der Waals surface area contributed by atoms with Crippen LogP contribution in [-0.2, 0) is 10.2 Å². The van der Waals surface area contributed by atoms with Crippen molar-refractivity contribution in [2.24, 2.45) is 0 Å². The summed E-state index contributed by atoms with van der Waals surface area (Å²) in [6.07, 6.45) is -4.71. The van der Waals surface area contributed by atoms with Crippen LogP contribution >= 0.6 is 22.6 Å². The zero-order valence-electron chi connectivity index (χ0n) is 9.53. The van der Waals surface area contributed by atoms with Crippen LogP contribution in [0.3, 0.4) is 0 Å². The topological polar surface area (TPSA) is 95.5 Å². The lowest BCUT2D eigenvalue weighted by Crippen LogP contribution is -2.37. The van der Waals surface area contributed by atoms with E-state index in [2.05, 4.69) is 0 Å². The number of carbonyl (C=O) groups is 1. The van der Waals surface area contributed by atoms with Gasteiger partial charge in [-0.05, 0) is 40.8 Å². The Hall–Kier alpha value is -1.08. The molecule has 0 aliphatic heterocycles. The van der Waals surface area contributed by atoms with Gasteiger partial charge >= 0.3 is 12.1 Å². The second-order valence-corrected chi connectivity index (χ2v) is 6.28. The highest BCUT2D eigenvalue weighted by Gasteiger charge is 2.29. The van der Waals surface area contributed by atoms with Crippen molar-refractivity contribution in [2.45, 2.75) is 6.18 Å². The van der Waals surface area contributed by atoms with Gasteiger partial charge in [-0.1, -0.05) is 0 Å². The molecule has 0 unspecified atom stereocenters. The summed E-state index contributed by atoms with van der Waals surface area (Å²) in [6, 6.07) is 3.75. The predicted octanol–water partition coefficient (Wildman–Crippen LogP) is 1.80. The van der Waals surface area contributed by atoms with Gasteiger partial charge in [-0.15, -0.1) is 0 Å². The first-order valence-electron chi connectivity index (χ1n) is 4.87. The number of anilines is 1. The van der Waals surface area contributed by atoms with Crippen LogP contribution in [0.15, 0.2) is 18.2 Å². The molecule has 0 bridgehead atoms. The van der Waals surface area contributed by atoms with E-state index in [1.165, 1.54) is 16.9 Å². The van der Waals surface area contributed by atoms with Gasteiger partial charge in [-0.3, -0.25) is 4.72 Å². The van der Waals surface area contributed by atoms with Crippen LogP contribution in [0.4, 0.5) is 18.9 Å². The minimum Gasteiger partial charge on any atom is -0.478 e. The van der Waals surface area contributed by atoms with Crippen LogP contribution in [-0.4, -0.2) is 32.2 Å². The van der Waals surface area contributed by atoms with Gasteiger partial charge in [0.2, 0.25) is 0 Å². The van der Waals surface area contributed by atoms with Crippen LogP contribution in [0, 0.1) is 3.57 Å². The summed E-state index contributed by atoms with van der Waals surface area (Å²) in [5.41, 5.74) is -0.693. The third kappa shape index (κ3) is 5.50. The molecule has 1 aromatic rings. The van der Waals surface area contributed by atoms with Crippen LogP contribution in [0.2, 0.25) is 0 Å². The molecular formula is C9H8F3IN2O4S. The van der Waals surface area contributed by atoms with Crippen molar-refractivity contribution >= 4 is 44.5 Å². The van der Waals surface area contributed by atoms with Gasteiger partial charge in [-0.25, -0.2) is 4.79 Å². The smallest absolute Gasteiger partial charge is 0.402 e. The molecule has 0 aliphatic carbocycles. The summed E-state index contributed by atoms with van der Waals surface area (Å²) in [5.74, 6) is -1.41. The summed E-state index contributed by atoms with van der Waals surface area (Å²) in [6.45, 7) is -1.75. The van der Waals surface area contributed by atoms with Gasteiger partial charge < -0.3 is 5.11 Å². The van der Waals surface area contributed by atoms with Crippen LogP contribution in [0.5, 0.6) is 0 Å². The average molecular weight is 424 g/mol. The van der Waals surface area contributed by atoms with Crippen molar-refractivity contribution < 1.29 is 31.5 Å². The maximum atomic E-state index is 11.9. The van der Waals surface area contributed by atoms with Crippen molar-refractivity contribution in [2.75, 3.05) is 11.3 Å². The molecule has 0 saturated carbocycles. The molecule has 0 fully saturated rings. The minimum atomic E-state index is -4.71. The van der Waals surface area contributed by atoms with E-state index in [0.29, 0.717) is 3.57 Å². The fraction of sp³-hybridized carbons (Fsp3) is 0.222. The second kappa shape index (κ2) is 6.13. The largest absolute Gasteiger partial charge is 0.478 e. The van der Waals surface area contributed by atoms with Crippen LogP contribution < -0.4 is 9.44 Å². The summed E-state index contributed by atoms with van der Waals surface area (Å²) in [7, 11) is -4.52. The first-order chi connectivity index (χ1) is 9.00. The number of rotatable bonds is 5. The molecule has 0 radical (unpaired) electrons. The number of aromatic carboxylic acids is 1. The Morgan fingerprint density at radius 3 is 2.45 bits per heavy atom. The predicted molar refractivity (Wildman–Crippen MR) is 72.7 cm³/mol. The third-order valence-corrected chi connectivity index (χ3v) is 3.60. The lowest BCUT2D eigenvalue weighted by Gasteiger charge is -2.12. The van der Waals surface area contributed by atoms with Gasteiger partial charge in [0.05, 0.1) is 11.3 Å². The minimum absolute atomic E-state index is 0.326. The average Bonchev–Trinajstić information content (AvgIpc) is 2.28. The molecule has 11 heteroatoms. The van der Waals surface area contributed by atoms with E-state index < -0.39 is 28.9 Å². The zero-order valence-corrected chi connectivity index (χ0v) is 12.5. The molecule has 6 nitrogen and oxygen atoms in total. The molecule has 112 valence electrons. The number of carboxylic acids is 1. The molecule has 0 atom stereocenters. The van der Waals surface area contributed by atoms with E-state index in [4.69, 9.17) is 5.11 Å². The van der Waals surface area contributed by atoms with Crippen molar-refractivity contribution in [1.29, 1.82) is 0 Å². The van der Waals surface area contributed by atoms with E-state index >= 15 is 0 Å². The van der Waals surface area contributed by atoms with E-state index in [1.807, 2.05) is 22.6 Å². The molecule has 20 heavy (non-hydrogen) atoms. The van der Waals surface area contributed by atoms with Gasteiger partial charge in [0.15, 0.2) is 0 Å². The maximum Gasteiger partial charge on any atom is 0.402 e. The Morgan fingerprint density at radius 2 is 1.95 bits per heavy atom. The van der Waals surface area contributed by atoms with Gasteiger partial charge in [0, 0.05) is 3.57 Å². The molecule has 0 amide bonds. The van der Waals surface area contributed by atoms with Crippen molar-refractivity contribution in [1.82, 2.24) is 4.72 Å². The summed E-state index contributed by atoms with van der Waals surface area (Å²) < 4.78 is 62.1. The highest BCUT2D eigenvalue weighted by molar-refractivity contribution is 14.1. The monoisotopic (exact) mass is 424 g/mol. The maximum absolute atomic E-state index is 11.9. The molecule has 0 heterocycles. The van der Waals surface area contributed by atoms with Gasteiger partial charge in [0.25, 0.3) is 10.2 Å². The Labute approximate surface area is 125 Å². The summed E-state index contributed by atoms with van der Waals surface area (Å²) >= 11 is 1.81. The Balaban J connectivity index is 2.95. The summed E-state index contributed by atoms with van der Waals surface area (Å²) in [5, 5.41) is 8.91. The van der Waals surface area contributed by atoms with E-state index in [0.717, 1.165) is 6.07 Å². The number of alkyl halides is 3. The van der Waals surface area contributed by atoms with Crippen LogP contribution in [0.1, 0.15) is 10.4 Å². The van der Waals surface area contributed by atoms with Gasteiger partial charge in [0.1, 0.15) is 6.54 Å². The molecule has 0 spiro atoms. The van der Waals surface area contributed by atoms with E-state index in [1.54, 1.807) is 4.72 Å². The number of hydrogen-bond acceptors (Lipinski definition) is 3. The third-order valence-electron chi connectivity index (χ3n) is 1.92. The fourth-order valence-electron chi connectivity index (χ4n) is 1.14. The Bertz CT molecular complexity index is 618. The molecular weight excluding hydrogens is 416 g/mol. The SMILES string of the molecule is O=C(O)c1cc(I)ccc1NS(=O)(=O)NCC(F)(F)F. The highest BCUT2D eigenvalue weighted by atomic mass is 127. The highest BCUT2D eigenvalue weighted by Crippen LogP contribution is 2.20. The molecule has 3 N–H and O–H groups in total. The second-order valence-electron chi connectivity index (χ2n) is 3.54. The number of carboxylic acid groups (broad SMARTS) is 1. The quantitative estimate of drug-likeness (QED) is 0.629. The Kier molecular flexibility index (Phi) is 5.21. The molecule has 0 saturated heterocycles. The van der Waals surface area contributed by atoms with Crippen LogP contribution in [0.25, 0.3) is 0 Å². The van der Waals surface area contributed by atoms with E-state index in [9.17, 15) is 26.4 Å². The zero-order chi connectivity index (χ0) is 15.6. The van der Waals surface area contributed by atoms with Crippen molar-refractivity contribution in [3.8, 4) is 0 Å². The number of hydrogen-bond donors (Lipinski definition) is 3. The normalized spacial score (nSPS) is 12.2. The number of halogens is 4. The van der Waals surface area contributed by atoms with E-state index in [-0.39, 0.29) is 11.3 Å². The molecule has 0 aliphatic rings. The first-order valence-corrected chi connectivity index (χ1v) is 7.43. The van der Waals surface area contributed by atoms with Crippen molar-refractivity contribution in [3.63, 3.8) is 0 Å². The number of benzene rings is 1. The fourth-order valence-corrected chi connectivity index (χ4v) is 2.52. The van der Waals surface area contributed by atoms with Crippen molar-refractivity contribution in [3.05, 3.63) is 27.3 Å². The Morgan fingerprint density at radius 1 is 1.35 bits per heavy atom. The summed E-state index contributed by atoms with van der Waals surface area (Å²) in [4.78, 5) is 10.9. The molecule has 1 aromatic carbocycles. The lowest BCUT2D eigenvalue weighted by molar-refractivity contribution is -0.121. The molecule has 1 rings (SSSR count). The lowest BCUT2D eigenvalue weighted by atomic mass is 10.2. The van der Waals surface area contributed by atoms with Gasteiger partial charge in [-0.2, -0.15) is 26.3 Å². The first kappa shape index (κ1) is 17.0. The number of nitrogens with one attached hydrogen (secondary N) is 2.